The number of anilines is 1. The van der Waals surface area contributed by atoms with Gasteiger partial charge in [-0.15, -0.1) is 0 Å². The summed E-state index contributed by atoms with van der Waals surface area (Å²) < 4.78 is 5.21. The van der Waals surface area contributed by atoms with Gasteiger partial charge < -0.3 is 14.5 Å². The van der Waals surface area contributed by atoms with E-state index in [0.29, 0.717) is 70.6 Å². The zero-order valence-electron chi connectivity index (χ0n) is 18.4. The first kappa shape index (κ1) is 23.7. The first-order chi connectivity index (χ1) is 16.4. The SMILES string of the molecule is CCOC(=O)c1nc2cc(Cl)c(Cl)cc2nc1N1CCCN(C(=O)c2cccc(C#N)c2)CC1. The fraction of sp³-hybridized carbons (Fsp3) is 0.292. The number of aromatic nitrogens is 2. The molecule has 174 valence electrons. The highest BCUT2D eigenvalue weighted by atomic mass is 35.5. The van der Waals surface area contributed by atoms with Crippen molar-refractivity contribution in [2.24, 2.45) is 0 Å². The Morgan fingerprint density at radius 2 is 1.79 bits per heavy atom. The van der Waals surface area contributed by atoms with Crippen molar-refractivity contribution in [2.45, 2.75) is 13.3 Å². The molecule has 0 aliphatic carbocycles. The molecule has 0 unspecified atom stereocenters. The van der Waals surface area contributed by atoms with Gasteiger partial charge in [-0.3, -0.25) is 4.79 Å². The molecule has 0 atom stereocenters. The van der Waals surface area contributed by atoms with E-state index in [-0.39, 0.29) is 18.2 Å². The van der Waals surface area contributed by atoms with Gasteiger partial charge in [0.1, 0.15) is 0 Å². The summed E-state index contributed by atoms with van der Waals surface area (Å²) in [5.41, 5.74) is 1.94. The van der Waals surface area contributed by atoms with Gasteiger partial charge in [-0.1, -0.05) is 29.3 Å². The number of hydrogen-bond acceptors (Lipinski definition) is 7. The fourth-order valence-electron chi connectivity index (χ4n) is 3.84. The number of rotatable bonds is 4. The summed E-state index contributed by atoms with van der Waals surface area (Å²) in [5.74, 6) is -0.343. The van der Waals surface area contributed by atoms with E-state index in [4.69, 9.17) is 33.2 Å². The van der Waals surface area contributed by atoms with Crippen LogP contribution in [0.3, 0.4) is 0 Å². The van der Waals surface area contributed by atoms with E-state index >= 15 is 0 Å². The van der Waals surface area contributed by atoms with Crippen molar-refractivity contribution in [2.75, 3.05) is 37.7 Å². The Labute approximate surface area is 206 Å². The molecule has 1 aliphatic heterocycles. The molecule has 0 bridgehead atoms. The molecule has 10 heteroatoms. The summed E-state index contributed by atoms with van der Waals surface area (Å²) in [7, 11) is 0. The van der Waals surface area contributed by atoms with Crippen LogP contribution in [0.4, 0.5) is 5.82 Å². The second-order valence-corrected chi connectivity index (χ2v) is 8.51. The highest BCUT2D eigenvalue weighted by Crippen LogP contribution is 2.29. The Morgan fingerprint density at radius 3 is 2.50 bits per heavy atom. The number of halogens is 2. The third kappa shape index (κ3) is 4.91. The third-order valence-corrected chi connectivity index (χ3v) is 6.20. The maximum absolute atomic E-state index is 13.0. The number of benzene rings is 2. The number of fused-ring (bicyclic) bond motifs is 1. The van der Waals surface area contributed by atoms with E-state index in [2.05, 4.69) is 16.0 Å². The number of carbonyl (C=O) groups excluding carboxylic acids is 2. The monoisotopic (exact) mass is 497 g/mol. The quantitative estimate of drug-likeness (QED) is 0.494. The molecular weight excluding hydrogens is 477 g/mol. The first-order valence-corrected chi connectivity index (χ1v) is 11.5. The molecule has 0 radical (unpaired) electrons. The van der Waals surface area contributed by atoms with Crippen LogP contribution >= 0.6 is 23.2 Å². The van der Waals surface area contributed by atoms with Gasteiger partial charge >= 0.3 is 5.97 Å². The van der Waals surface area contributed by atoms with Crippen LogP contribution in [0.25, 0.3) is 11.0 Å². The van der Waals surface area contributed by atoms with E-state index in [1.807, 2.05) is 4.90 Å². The predicted molar refractivity (Wildman–Crippen MR) is 129 cm³/mol. The summed E-state index contributed by atoms with van der Waals surface area (Å²) in [6.07, 6.45) is 0.660. The maximum Gasteiger partial charge on any atom is 0.360 e. The van der Waals surface area contributed by atoms with Gasteiger partial charge in [0, 0.05) is 31.7 Å². The lowest BCUT2D eigenvalue weighted by Crippen LogP contribution is -2.36. The molecule has 1 amide bonds. The lowest BCUT2D eigenvalue weighted by atomic mass is 10.1. The van der Waals surface area contributed by atoms with Crippen molar-refractivity contribution >= 4 is 51.9 Å². The zero-order chi connectivity index (χ0) is 24.2. The number of esters is 1. The highest BCUT2D eigenvalue weighted by molar-refractivity contribution is 6.42. The fourth-order valence-corrected chi connectivity index (χ4v) is 4.15. The second kappa shape index (κ2) is 10.2. The maximum atomic E-state index is 13.0. The van der Waals surface area contributed by atoms with Gasteiger partial charge in [0.05, 0.1) is 39.3 Å². The Bertz CT molecular complexity index is 1310. The van der Waals surface area contributed by atoms with Crippen LogP contribution in [0.1, 0.15) is 39.8 Å². The van der Waals surface area contributed by atoms with Gasteiger partial charge in [0.25, 0.3) is 5.91 Å². The van der Waals surface area contributed by atoms with Crippen molar-refractivity contribution in [3.63, 3.8) is 0 Å². The lowest BCUT2D eigenvalue weighted by Gasteiger charge is -2.24. The van der Waals surface area contributed by atoms with Crippen molar-refractivity contribution in [3.8, 4) is 6.07 Å². The lowest BCUT2D eigenvalue weighted by molar-refractivity contribution is 0.0520. The minimum Gasteiger partial charge on any atom is -0.461 e. The highest BCUT2D eigenvalue weighted by Gasteiger charge is 2.26. The molecule has 0 N–H and O–H groups in total. The molecule has 3 aromatic rings. The van der Waals surface area contributed by atoms with E-state index in [9.17, 15) is 9.59 Å². The van der Waals surface area contributed by atoms with Crippen LogP contribution in [-0.4, -0.2) is 59.5 Å². The van der Waals surface area contributed by atoms with Crippen molar-refractivity contribution in [3.05, 3.63) is 63.3 Å². The summed E-state index contributed by atoms with van der Waals surface area (Å²) in [6.45, 7) is 3.87. The van der Waals surface area contributed by atoms with Crippen LogP contribution in [-0.2, 0) is 4.74 Å². The molecule has 0 saturated carbocycles. The van der Waals surface area contributed by atoms with Crippen molar-refractivity contribution in [1.82, 2.24) is 14.9 Å². The molecule has 4 rings (SSSR count). The van der Waals surface area contributed by atoms with Crippen molar-refractivity contribution < 1.29 is 14.3 Å². The number of nitriles is 1. The number of nitrogens with zero attached hydrogens (tertiary/aromatic N) is 5. The molecule has 2 heterocycles. The van der Waals surface area contributed by atoms with Gasteiger partial charge in [-0.2, -0.15) is 5.26 Å². The van der Waals surface area contributed by atoms with Gasteiger partial charge in [0.15, 0.2) is 11.5 Å². The summed E-state index contributed by atoms with van der Waals surface area (Å²) in [4.78, 5) is 38.6. The first-order valence-electron chi connectivity index (χ1n) is 10.8. The van der Waals surface area contributed by atoms with E-state index in [1.165, 1.54) is 0 Å². The summed E-state index contributed by atoms with van der Waals surface area (Å²) in [5, 5.41) is 9.78. The summed E-state index contributed by atoms with van der Waals surface area (Å²) >= 11 is 12.3. The van der Waals surface area contributed by atoms with E-state index < -0.39 is 5.97 Å². The predicted octanol–water partition coefficient (Wildman–Crippen LogP) is 4.34. The molecule has 1 aromatic heterocycles. The molecule has 34 heavy (non-hydrogen) atoms. The van der Waals surface area contributed by atoms with Crippen LogP contribution in [0, 0.1) is 11.3 Å². The smallest absolute Gasteiger partial charge is 0.360 e. The summed E-state index contributed by atoms with van der Waals surface area (Å²) in [6, 6.07) is 11.9. The molecule has 8 nitrogen and oxygen atoms in total. The normalized spacial score (nSPS) is 13.9. The number of amides is 1. The number of hydrogen-bond donors (Lipinski definition) is 0. The number of carbonyl (C=O) groups is 2. The topological polar surface area (TPSA) is 99.4 Å². The third-order valence-electron chi connectivity index (χ3n) is 5.48. The Kier molecular flexibility index (Phi) is 7.15. The second-order valence-electron chi connectivity index (χ2n) is 7.70. The van der Waals surface area contributed by atoms with Crippen molar-refractivity contribution in [1.29, 1.82) is 5.26 Å². The number of ether oxygens (including phenoxy) is 1. The zero-order valence-corrected chi connectivity index (χ0v) is 19.9. The van der Waals surface area contributed by atoms with Crippen LogP contribution in [0.5, 0.6) is 0 Å². The van der Waals surface area contributed by atoms with Gasteiger partial charge in [-0.05, 0) is 43.7 Å². The van der Waals surface area contributed by atoms with Gasteiger partial charge in [0.2, 0.25) is 0 Å². The molecule has 1 aliphatic rings. The minimum absolute atomic E-state index is 0.0919. The standard InChI is InChI=1S/C24H21Cl2N5O3/c1-2-34-24(33)21-22(29-20-13-18(26)17(25)12-19(20)28-21)30-7-4-8-31(10-9-30)23(32)16-6-3-5-15(11-16)14-27/h3,5-6,11-13H,2,4,7-10H2,1H3. The average molecular weight is 498 g/mol. The van der Waals surface area contributed by atoms with E-state index in [1.54, 1.807) is 48.2 Å². The molecule has 1 fully saturated rings. The Balaban J connectivity index is 1.64. The Morgan fingerprint density at radius 1 is 1.06 bits per heavy atom. The van der Waals surface area contributed by atoms with E-state index in [0.717, 1.165) is 0 Å². The molecule has 1 saturated heterocycles. The molecular formula is C24H21Cl2N5O3. The van der Waals surface area contributed by atoms with Crippen LogP contribution < -0.4 is 4.90 Å². The average Bonchev–Trinajstić information content (AvgIpc) is 3.10. The van der Waals surface area contributed by atoms with Crippen LogP contribution in [0.15, 0.2) is 36.4 Å². The largest absolute Gasteiger partial charge is 0.461 e. The molecule has 2 aromatic carbocycles. The Hall–Kier alpha value is -3.41. The van der Waals surface area contributed by atoms with Crippen LogP contribution in [0.2, 0.25) is 10.0 Å². The minimum atomic E-state index is -0.580. The van der Waals surface area contributed by atoms with Gasteiger partial charge in [-0.25, -0.2) is 14.8 Å². The molecule has 0 spiro atoms.